The molecule has 1 amide bonds. The fourth-order valence-electron chi connectivity index (χ4n) is 3.27. The minimum atomic E-state index is -0.0454. The topological polar surface area (TPSA) is 38.1 Å². The summed E-state index contributed by atoms with van der Waals surface area (Å²) >= 11 is 12.5. The molecule has 4 rings (SSSR count). The number of carbonyl (C=O) groups is 1. The maximum Gasteiger partial charge on any atom is 0.275 e. The molecule has 0 fully saturated rings. The Morgan fingerprint density at radius 2 is 1.73 bits per heavy atom. The highest BCUT2D eigenvalue weighted by atomic mass is 35.5. The number of benzene rings is 2. The lowest BCUT2D eigenvalue weighted by Gasteiger charge is -2.21. The van der Waals surface area contributed by atoms with E-state index in [0.29, 0.717) is 22.3 Å². The smallest absolute Gasteiger partial charge is 0.275 e. The second-order valence-corrected chi connectivity index (χ2v) is 7.41. The van der Waals surface area contributed by atoms with Crippen molar-refractivity contribution in [3.05, 3.63) is 69.8 Å². The Kier molecular flexibility index (Phi) is 4.25. The van der Waals surface area contributed by atoms with Crippen LogP contribution in [0.25, 0.3) is 16.9 Å². The standard InChI is InChI=1S/C20H17Cl2N3O/c1-12(2)24-11-16-18(20(24)26)23-25(14-9-7-13(21)8-10-14)19(16)15-5-3-4-6-17(15)22/h3-10,12H,11H2,1-2H3. The summed E-state index contributed by atoms with van der Waals surface area (Å²) in [4.78, 5) is 14.6. The number of fused-ring (bicyclic) bond motifs is 1. The third-order valence-electron chi connectivity index (χ3n) is 4.60. The third kappa shape index (κ3) is 2.70. The number of aromatic nitrogens is 2. The molecule has 2 heterocycles. The van der Waals surface area contributed by atoms with Crippen LogP contribution in [0.3, 0.4) is 0 Å². The quantitative estimate of drug-likeness (QED) is 0.620. The van der Waals surface area contributed by atoms with E-state index in [1.165, 1.54) is 0 Å². The highest BCUT2D eigenvalue weighted by Gasteiger charge is 2.36. The Labute approximate surface area is 161 Å². The fourth-order valence-corrected chi connectivity index (χ4v) is 3.62. The van der Waals surface area contributed by atoms with Gasteiger partial charge in [0.25, 0.3) is 5.91 Å². The molecule has 1 aliphatic rings. The van der Waals surface area contributed by atoms with E-state index in [4.69, 9.17) is 23.2 Å². The SMILES string of the molecule is CC(C)N1Cc2c(nn(-c3ccc(Cl)cc3)c2-c2ccccc2Cl)C1=O. The molecule has 0 aliphatic carbocycles. The zero-order valence-corrected chi connectivity index (χ0v) is 15.9. The summed E-state index contributed by atoms with van der Waals surface area (Å²) in [7, 11) is 0. The van der Waals surface area contributed by atoms with E-state index < -0.39 is 0 Å². The molecule has 0 spiro atoms. The molecule has 0 saturated carbocycles. The van der Waals surface area contributed by atoms with E-state index in [2.05, 4.69) is 5.10 Å². The van der Waals surface area contributed by atoms with Gasteiger partial charge in [0.05, 0.1) is 17.9 Å². The van der Waals surface area contributed by atoms with E-state index in [1.807, 2.05) is 67.3 Å². The number of amides is 1. The van der Waals surface area contributed by atoms with Crippen LogP contribution in [-0.4, -0.2) is 26.6 Å². The van der Waals surface area contributed by atoms with Crippen molar-refractivity contribution in [2.75, 3.05) is 0 Å². The van der Waals surface area contributed by atoms with Crippen LogP contribution in [0.4, 0.5) is 0 Å². The molecule has 0 N–H and O–H groups in total. The normalized spacial score (nSPS) is 13.6. The maximum absolute atomic E-state index is 12.8. The van der Waals surface area contributed by atoms with Gasteiger partial charge >= 0.3 is 0 Å². The van der Waals surface area contributed by atoms with Crippen LogP contribution in [0.5, 0.6) is 0 Å². The number of halogens is 2. The van der Waals surface area contributed by atoms with E-state index in [0.717, 1.165) is 22.5 Å². The molecule has 0 atom stereocenters. The predicted molar refractivity (Wildman–Crippen MR) is 104 cm³/mol. The molecule has 132 valence electrons. The first-order chi connectivity index (χ1) is 12.5. The Hall–Kier alpha value is -2.30. The second kappa shape index (κ2) is 6.45. The molecular formula is C20H17Cl2N3O. The van der Waals surface area contributed by atoms with Crippen LogP contribution in [0.1, 0.15) is 29.9 Å². The summed E-state index contributed by atoms with van der Waals surface area (Å²) in [5.74, 6) is -0.0454. The molecule has 0 bridgehead atoms. The molecule has 0 saturated heterocycles. The largest absolute Gasteiger partial charge is 0.330 e. The average Bonchev–Trinajstić information content (AvgIpc) is 3.13. The van der Waals surface area contributed by atoms with Crippen LogP contribution >= 0.6 is 23.2 Å². The summed E-state index contributed by atoms with van der Waals surface area (Å²) in [6.07, 6.45) is 0. The van der Waals surface area contributed by atoms with Crippen molar-refractivity contribution < 1.29 is 4.79 Å². The van der Waals surface area contributed by atoms with Gasteiger partial charge < -0.3 is 4.90 Å². The molecule has 2 aromatic carbocycles. The van der Waals surface area contributed by atoms with Crippen molar-refractivity contribution in [2.45, 2.75) is 26.4 Å². The molecule has 1 aromatic heterocycles. The van der Waals surface area contributed by atoms with Crippen molar-refractivity contribution in [3.8, 4) is 16.9 Å². The second-order valence-electron chi connectivity index (χ2n) is 6.57. The fraction of sp³-hybridized carbons (Fsp3) is 0.200. The third-order valence-corrected chi connectivity index (χ3v) is 5.18. The number of carbonyl (C=O) groups excluding carboxylic acids is 1. The lowest BCUT2D eigenvalue weighted by atomic mass is 10.1. The molecule has 0 unspecified atom stereocenters. The van der Waals surface area contributed by atoms with Crippen molar-refractivity contribution in [1.29, 1.82) is 0 Å². The molecule has 0 radical (unpaired) electrons. The summed E-state index contributed by atoms with van der Waals surface area (Å²) in [6, 6.07) is 15.1. The zero-order chi connectivity index (χ0) is 18.4. The van der Waals surface area contributed by atoms with Crippen LogP contribution in [-0.2, 0) is 6.54 Å². The first-order valence-corrected chi connectivity index (χ1v) is 9.16. The summed E-state index contributed by atoms with van der Waals surface area (Å²) in [5.41, 5.74) is 3.94. The number of nitrogens with zero attached hydrogens (tertiary/aromatic N) is 3. The van der Waals surface area contributed by atoms with Crippen LogP contribution in [0, 0.1) is 0 Å². The number of rotatable bonds is 3. The van der Waals surface area contributed by atoms with Crippen molar-refractivity contribution in [2.24, 2.45) is 0 Å². The van der Waals surface area contributed by atoms with Gasteiger partial charge in [-0.15, -0.1) is 0 Å². The Morgan fingerprint density at radius 3 is 2.38 bits per heavy atom. The van der Waals surface area contributed by atoms with E-state index >= 15 is 0 Å². The molecule has 26 heavy (non-hydrogen) atoms. The van der Waals surface area contributed by atoms with E-state index in [1.54, 1.807) is 4.68 Å². The Balaban J connectivity index is 1.96. The summed E-state index contributed by atoms with van der Waals surface area (Å²) in [6.45, 7) is 4.54. The average molecular weight is 386 g/mol. The Morgan fingerprint density at radius 1 is 1.04 bits per heavy atom. The predicted octanol–water partition coefficient (Wildman–Crippen LogP) is 5.21. The zero-order valence-electron chi connectivity index (χ0n) is 14.4. The minimum absolute atomic E-state index is 0.0454. The van der Waals surface area contributed by atoms with Gasteiger partial charge in [-0.25, -0.2) is 4.68 Å². The highest BCUT2D eigenvalue weighted by molar-refractivity contribution is 6.33. The lowest BCUT2D eigenvalue weighted by molar-refractivity contribution is 0.0724. The monoisotopic (exact) mass is 385 g/mol. The van der Waals surface area contributed by atoms with E-state index in [9.17, 15) is 4.79 Å². The van der Waals surface area contributed by atoms with Gasteiger partial charge in [-0.1, -0.05) is 41.4 Å². The first kappa shape index (κ1) is 17.1. The minimum Gasteiger partial charge on any atom is -0.330 e. The molecular weight excluding hydrogens is 369 g/mol. The summed E-state index contributed by atoms with van der Waals surface area (Å²) in [5, 5.41) is 5.92. The van der Waals surface area contributed by atoms with Gasteiger partial charge in [-0.2, -0.15) is 5.10 Å². The van der Waals surface area contributed by atoms with Gasteiger partial charge in [0.15, 0.2) is 5.69 Å². The molecule has 3 aromatic rings. The van der Waals surface area contributed by atoms with Gasteiger partial charge in [-0.3, -0.25) is 4.79 Å². The van der Waals surface area contributed by atoms with Crippen LogP contribution in [0.15, 0.2) is 48.5 Å². The summed E-state index contributed by atoms with van der Waals surface area (Å²) < 4.78 is 1.79. The lowest BCUT2D eigenvalue weighted by Crippen LogP contribution is -2.31. The van der Waals surface area contributed by atoms with Gasteiger partial charge in [-0.05, 0) is 44.2 Å². The number of hydrogen-bond acceptors (Lipinski definition) is 2. The maximum atomic E-state index is 12.8. The van der Waals surface area contributed by atoms with Gasteiger partial charge in [0, 0.05) is 27.2 Å². The van der Waals surface area contributed by atoms with Crippen molar-refractivity contribution >= 4 is 29.1 Å². The first-order valence-electron chi connectivity index (χ1n) is 8.41. The number of hydrogen-bond donors (Lipinski definition) is 0. The highest BCUT2D eigenvalue weighted by Crippen LogP contribution is 2.38. The van der Waals surface area contributed by atoms with Gasteiger partial charge in [0.2, 0.25) is 0 Å². The van der Waals surface area contributed by atoms with Crippen LogP contribution < -0.4 is 0 Å². The molecule has 1 aliphatic heterocycles. The molecule has 4 nitrogen and oxygen atoms in total. The van der Waals surface area contributed by atoms with Gasteiger partial charge in [0.1, 0.15) is 0 Å². The van der Waals surface area contributed by atoms with Crippen molar-refractivity contribution in [3.63, 3.8) is 0 Å². The molecule has 6 heteroatoms. The van der Waals surface area contributed by atoms with E-state index in [-0.39, 0.29) is 11.9 Å². The Bertz CT molecular complexity index is 993. The van der Waals surface area contributed by atoms with Crippen molar-refractivity contribution in [1.82, 2.24) is 14.7 Å². The van der Waals surface area contributed by atoms with Crippen LogP contribution in [0.2, 0.25) is 10.0 Å².